The number of benzene rings is 2. The predicted octanol–water partition coefficient (Wildman–Crippen LogP) is 4.27. The summed E-state index contributed by atoms with van der Waals surface area (Å²) in [6, 6.07) is 12.9. The van der Waals surface area contributed by atoms with Crippen LogP contribution in [0.4, 0.5) is 4.39 Å². The molecule has 2 heterocycles. The third-order valence-corrected chi connectivity index (χ3v) is 7.31. The van der Waals surface area contributed by atoms with Gasteiger partial charge in [-0.25, -0.2) is 12.8 Å². The van der Waals surface area contributed by atoms with Gasteiger partial charge in [0.05, 0.1) is 16.3 Å². The van der Waals surface area contributed by atoms with Crippen molar-refractivity contribution in [2.75, 3.05) is 13.1 Å². The van der Waals surface area contributed by atoms with Crippen molar-refractivity contribution >= 4 is 21.6 Å². The zero-order valence-electron chi connectivity index (χ0n) is 16.3. The molecule has 0 aliphatic carbocycles. The van der Waals surface area contributed by atoms with Gasteiger partial charge in [-0.3, -0.25) is 5.10 Å². The van der Waals surface area contributed by atoms with E-state index < -0.39 is 15.8 Å². The Labute approximate surface area is 179 Å². The van der Waals surface area contributed by atoms with E-state index in [4.69, 9.17) is 16.3 Å². The van der Waals surface area contributed by atoms with E-state index in [1.54, 1.807) is 31.2 Å². The number of ether oxygens (including phenoxy) is 1. The smallest absolute Gasteiger partial charge is 0.243 e. The average Bonchev–Trinajstić information content (AvgIpc) is 3.39. The maximum atomic E-state index is 13.5. The highest BCUT2D eigenvalue weighted by Gasteiger charge is 2.34. The van der Waals surface area contributed by atoms with Gasteiger partial charge >= 0.3 is 0 Å². The first-order chi connectivity index (χ1) is 14.3. The number of sulfonamides is 1. The van der Waals surface area contributed by atoms with Crippen LogP contribution in [0.15, 0.2) is 53.4 Å². The Hall–Kier alpha value is -2.42. The van der Waals surface area contributed by atoms with Crippen molar-refractivity contribution in [2.45, 2.75) is 30.8 Å². The minimum absolute atomic E-state index is 0.0122. The van der Waals surface area contributed by atoms with E-state index in [1.807, 2.05) is 6.07 Å². The molecule has 0 radical (unpaired) electrons. The average molecular weight is 450 g/mol. The normalized spacial score (nSPS) is 17.4. The van der Waals surface area contributed by atoms with Gasteiger partial charge in [0.25, 0.3) is 0 Å². The maximum absolute atomic E-state index is 13.5. The number of H-pyrrole nitrogens is 1. The number of hydrogen-bond donors (Lipinski definition) is 1. The number of nitrogens with one attached hydrogen (secondary N) is 1. The standard InChI is InChI=1S/C21H21ClFN3O3S/c1-14-10-19(6-7-20(14)23)30(27,28)26-9-8-15(12-26)21-11-17(24-25-21)13-29-18-4-2-16(22)3-5-18/h2-7,10-11,15H,8-9,12-13H2,1H3,(H,24,25)/t15-/m0/s1. The van der Waals surface area contributed by atoms with Crippen molar-refractivity contribution in [1.82, 2.24) is 14.5 Å². The van der Waals surface area contributed by atoms with Gasteiger partial charge in [-0.05, 0) is 67.4 Å². The Balaban J connectivity index is 1.40. The van der Waals surface area contributed by atoms with Crippen LogP contribution in [0.25, 0.3) is 0 Å². The van der Waals surface area contributed by atoms with E-state index >= 15 is 0 Å². The van der Waals surface area contributed by atoms with E-state index in [9.17, 15) is 12.8 Å². The van der Waals surface area contributed by atoms with Gasteiger partial charge < -0.3 is 4.74 Å². The van der Waals surface area contributed by atoms with Crippen LogP contribution >= 0.6 is 11.6 Å². The first-order valence-corrected chi connectivity index (χ1v) is 11.3. The molecule has 2 aromatic carbocycles. The minimum Gasteiger partial charge on any atom is -0.487 e. The predicted molar refractivity (Wildman–Crippen MR) is 112 cm³/mol. The lowest BCUT2D eigenvalue weighted by Gasteiger charge is -2.16. The van der Waals surface area contributed by atoms with Crippen molar-refractivity contribution in [3.8, 4) is 5.75 Å². The molecule has 30 heavy (non-hydrogen) atoms. The summed E-state index contributed by atoms with van der Waals surface area (Å²) >= 11 is 5.87. The van der Waals surface area contributed by atoms with Crippen LogP contribution in [0, 0.1) is 12.7 Å². The molecule has 0 amide bonds. The molecule has 1 fully saturated rings. The molecular formula is C21H21ClFN3O3S. The zero-order chi connectivity index (χ0) is 21.3. The molecule has 1 aliphatic heterocycles. The molecule has 1 N–H and O–H groups in total. The number of nitrogens with zero attached hydrogens (tertiary/aromatic N) is 2. The molecule has 3 aromatic rings. The molecule has 0 unspecified atom stereocenters. The summed E-state index contributed by atoms with van der Waals surface area (Å²) in [6.45, 7) is 2.60. The van der Waals surface area contributed by atoms with Crippen LogP contribution in [0.2, 0.25) is 5.02 Å². The highest BCUT2D eigenvalue weighted by molar-refractivity contribution is 7.89. The van der Waals surface area contributed by atoms with Gasteiger partial charge in [0.15, 0.2) is 0 Å². The highest BCUT2D eigenvalue weighted by atomic mass is 35.5. The second kappa shape index (κ2) is 8.37. The van der Waals surface area contributed by atoms with E-state index in [2.05, 4.69) is 10.2 Å². The fraction of sp³-hybridized carbons (Fsp3) is 0.286. The van der Waals surface area contributed by atoms with Crippen LogP contribution < -0.4 is 4.74 Å². The summed E-state index contributed by atoms with van der Waals surface area (Å²) in [4.78, 5) is 0.112. The van der Waals surface area contributed by atoms with Crippen molar-refractivity contribution in [1.29, 1.82) is 0 Å². The third kappa shape index (κ3) is 4.35. The summed E-state index contributed by atoms with van der Waals surface area (Å²) in [5, 5.41) is 7.94. The molecule has 1 atom stereocenters. The lowest BCUT2D eigenvalue weighted by atomic mass is 10.1. The summed E-state index contributed by atoms with van der Waals surface area (Å²) in [5.74, 6) is 0.267. The van der Waals surface area contributed by atoms with E-state index in [0.29, 0.717) is 42.5 Å². The number of aryl methyl sites for hydroxylation is 1. The molecule has 6 nitrogen and oxygen atoms in total. The topological polar surface area (TPSA) is 75.3 Å². The Kier molecular flexibility index (Phi) is 5.81. The van der Waals surface area contributed by atoms with E-state index in [1.165, 1.54) is 22.5 Å². The zero-order valence-corrected chi connectivity index (χ0v) is 17.9. The highest BCUT2D eigenvalue weighted by Crippen LogP contribution is 2.31. The summed E-state index contributed by atoms with van der Waals surface area (Å²) < 4.78 is 46.5. The first kappa shape index (κ1) is 20.8. The van der Waals surface area contributed by atoms with Gasteiger partial charge in [-0.15, -0.1) is 0 Å². The lowest BCUT2D eigenvalue weighted by molar-refractivity contribution is 0.301. The molecule has 1 aromatic heterocycles. The number of aromatic amines is 1. The molecule has 158 valence electrons. The van der Waals surface area contributed by atoms with Crippen molar-refractivity contribution in [2.24, 2.45) is 0 Å². The van der Waals surface area contributed by atoms with Gasteiger partial charge in [-0.1, -0.05) is 11.6 Å². The van der Waals surface area contributed by atoms with Crippen molar-refractivity contribution in [3.63, 3.8) is 0 Å². The molecule has 0 spiro atoms. The Morgan fingerprint density at radius 2 is 2.00 bits per heavy atom. The van der Waals surface area contributed by atoms with Gasteiger partial charge in [0.2, 0.25) is 10.0 Å². The van der Waals surface area contributed by atoms with Crippen LogP contribution in [0.5, 0.6) is 5.75 Å². The van der Waals surface area contributed by atoms with Crippen LogP contribution in [-0.4, -0.2) is 36.0 Å². The summed E-state index contributed by atoms with van der Waals surface area (Å²) in [5.41, 5.74) is 1.91. The first-order valence-electron chi connectivity index (χ1n) is 9.52. The van der Waals surface area contributed by atoms with Gasteiger partial charge in [0, 0.05) is 24.0 Å². The molecular weight excluding hydrogens is 429 g/mol. The van der Waals surface area contributed by atoms with Crippen molar-refractivity contribution in [3.05, 3.63) is 76.3 Å². The monoisotopic (exact) mass is 449 g/mol. The summed E-state index contributed by atoms with van der Waals surface area (Å²) in [6.07, 6.45) is 0.668. The number of halogens is 2. The minimum atomic E-state index is -3.67. The molecule has 0 bridgehead atoms. The van der Waals surface area contributed by atoms with Gasteiger partial charge in [0.1, 0.15) is 18.2 Å². The van der Waals surface area contributed by atoms with E-state index in [0.717, 1.165) is 11.4 Å². The SMILES string of the molecule is Cc1cc(S(=O)(=O)N2CC[C@H](c3cc(COc4ccc(Cl)cc4)[nH]n3)C2)ccc1F. The molecule has 4 rings (SSSR count). The second-order valence-corrected chi connectivity index (χ2v) is 9.69. The Morgan fingerprint density at radius 3 is 2.73 bits per heavy atom. The largest absolute Gasteiger partial charge is 0.487 e. The Morgan fingerprint density at radius 1 is 1.23 bits per heavy atom. The lowest BCUT2D eigenvalue weighted by Crippen LogP contribution is -2.28. The van der Waals surface area contributed by atoms with Crippen LogP contribution in [0.1, 0.15) is 29.3 Å². The van der Waals surface area contributed by atoms with Crippen LogP contribution in [-0.2, 0) is 16.6 Å². The number of hydrogen-bond acceptors (Lipinski definition) is 4. The van der Waals surface area contributed by atoms with Crippen molar-refractivity contribution < 1.29 is 17.5 Å². The fourth-order valence-corrected chi connectivity index (χ4v) is 5.18. The third-order valence-electron chi connectivity index (χ3n) is 5.20. The molecule has 9 heteroatoms. The van der Waals surface area contributed by atoms with Gasteiger partial charge in [-0.2, -0.15) is 9.40 Å². The summed E-state index contributed by atoms with van der Waals surface area (Å²) in [7, 11) is -3.67. The number of aromatic nitrogens is 2. The molecule has 1 saturated heterocycles. The van der Waals surface area contributed by atoms with Crippen LogP contribution in [0.3, 0.4) is 0 Å². The second-order valence-electron chi connectivity index (χ2n) is 7.32. The molecule has 1 aliphatic rings. The maximum Gasteiger partial charge on any atom is 0.243 e. The number of rotatable bonds is 6. The van der Waals surface area contributed by atoms with E-state index in [-0.39, 0.29) is 10.8 Å². The molecule has 0 saturated carbocycles. The Bertz CT molecular complexity index is 1150. The quantitative estimate of drug-likeness (QED) is 0.609. The fourth-order valence-electron chi connectivity index (χ4n) is 3.47.